The van der Waals surface area contributed by atoms with E-state index < -0.39 is 0 Å². The molecule has 1 rings (SSSR count). The average molecular weight is 93.2 g/mol. The molecule has 1 aliphatic carbocycles. The van der Waals surface area contributed by atoms with E-state index in [1.165, 1.54) is 5.20 Å². The highest BCUT2D eigenvalue weighted by atomic mass is 28.1. The van der Waals surface area contributed by atoms with E-state index in [1.807, 2.05) is 6.08 Å². The summed E-state index contributed by atoms with van der Waals surface area (Å²) in [5, 5.41) is 1.27. The summed E-state index contributed by atoms with van der Waals surface area (Å²) in [5.41, 5.74) is 0. The summed E-state index contributed by atoms with van der Waals surface area (Å²) in [6.07, 6.45) is 7.29. The molecule has 0 saturated heterocycles. The Kier molecular flexibility index (Phi) is 0.924. The third-order valence-electron chi connectivity index (χ3n) is 0.771. The summed E-state index contributed by atoms with van der Waals surface area (Å²) in [7, 11) is 3.38. The summed E-state index contributed by atoms with van der Waals surface area (Å²) in [6.45, 7) is 0. The molecule has 1 aliphatic rings. The number of allylic oxidation sites excluding steroid dienone is 4. The van der Waals surface area contributed by atoms with Crippen molar-refractivity contribution in [3.63, 3.8) is 0 Å². The Morgan fingerprint density at radius 3 is 2.67 bits per heavy atom. The highest BCUT2D eigenvalue weighted by molar-refractivity contribution is 6.22. The zero-order chi connectivity index (χ0) is 4.41. The standard InChI is InChI=1S/C5H5Si/c6-5-3-1-2-4-5/h1-3H,4H2. The monoisotopic (exact) mass is 93.0 g/mol. The summed E-state index contributed by atoms with van der Waals surface area (Å²) < 4.78 is 0. The lowest BCUT2D eigenvalue weighted by Gasteiger charge is -1.78. The van der Waals surface area contributed by atoms with Gasteiger partial charge in [-0.3, -0.25) is 0 Å². The van der Waals surface area contributed by atoms with Gasteiger partial charge in [0, 0.05) is 0 Å². The quantitative estimate of drug-likeness (QED) is 0.392. The fourth-order valence-electron chi connectivity index (χ4n) is 0.447. The van der Waals surface area contributed by atoms with E-state index in [0.717, 1.165) is 6.42 Å². The predicted octanol–water partition coefficient (Wildman–Crippen LogP) is 0.999. The number of rotatable bonds is 0. The molecule has 0 nitrogen and oxygen atoms in total. The Balaban J connectivity index is 2.61. The molecule has 29 valence electrons. The van der Waals surface area contributed by atoms with Gasteiger partial charge in [0.15, 0.2) is 0 Å². The number of hydrogen-bond acceptors (Lipinski definition) is 0. The van der Waals surface area contributed by atoms with Crippen molar-refractivity contribution in [2.75, 3.05) is 0 Å². The molecule has 0 saturated carbocycles. The zero-order valence-electron chi connectivity index (χ0n) is 3.44. The van der Waals surface area contributed by atoms with E-state index >= 15 is 0 Å². The minimum Gasteiger partial charge on any atom is -0.0847 e. The lowest BCUT2D eigenvalue weighted by molar-refractivity contribution is 1.41. The maximum atomic E-state index is 3.38. The molecule has 0 atom stereocenters. The minimum atomic E-state index is 1.08. The summed E-state index contributed by atoms with van der Waals surface area (Å²) in [4.78, 5) is 0. The molecular formula is C5H5Si. The zero-order valence-corrected chi connectivity index (χ0v) is 4.44. The maximum absolute atomic E-state index is 3.38. The van der Waals surface area contributed by atoms with Gasteiger partial charge in [-0.1, -0.05) is 23.4 Å². The lowest BCUT2D eigenvalue weighted by Crippen LogP contribution is -1.68. The van der Waals surface area contributed by atoms with Crippen LogP contribution in [0.1, 0.15) is 6.42 Å². The van der Waals surface area contributed by atoms with Crippen LogP contribution in [0.5, 0.6) is 0 Å². The van der Waals surface area contributed by atoms with Crippen molar-refractivity contribution >= 4 is 10.2 Å². The molecule has 0 aliphatic heterocycles. The second-order valence-electron chi connectivity index (χ2n) is 1.32. The number of hydrogen-bond donors (Lipinski definition) is 0. The molecule has 0 fully saturated rings. The molecular weight excluding hydrogens is 88.1 g/mol. The molecule has 6 heavy (non-hydrogen) atoms. The molecule has 0 aromatic carbocycles. The molecule has 0 aromatic rings. The Morgan fingerprint density at radius 2 is 2.50 bits per heavy atom. The van der Waals surface area contributed by atoms with E-state index in [4.69, 9.17) is 0 Å². The molecule has 3 radical (unpaired) electrons. The van der Waals surface area contributed by atoms with Gasteiger partial charge in [0.05, 0.1) is 10.2 Å². The molecule has 0 spiro atoms. The molecule has 0 unspecified atom stereocenters. The minimum absolute atomic E-state index is 1.08. The SMILES string of the molecule is [Si]C1=CC=CC1. The van der Waals surface area contributed by atoms with Gasteiger partial charge in [-0.15, -0.1) is 0 Å². The fraction of sp³-hybridized carbons (Fsp3) is 0.200. The van der Waals surface area contributed by atoms with Crippen LogP contribution in [-0.2, 0) is 0 Å². The van der Waals surface area contributed by atoms with E-state index in [2.05, 4.69) is 22.4 Å². The van der Waals surface area contributed by atoms with Gasteiger partial charge in [-0.2, -0.15) is 0 Å². The third kappa shape index (κ3) is 0.600. The van der Waals surface area contributed by atoms with Crippen molar-refractivity contribution in [3.8, 4) is 0 Å². The van der Waals surface area contributed by atoms with E-state index in [0.29, 0.717) is 0 Å². The van der Waals surface area contributed by atoms with Gasteiger partial charge < -0.3 is 0 Å². The van der Waals surface area contributed by atoms with Crippen LogP contribution in [0.4, 0.5) is 0 Å². The van der Waals surface area contributed by atoms with Gasteiger partial charge in [-0.25, -0.2) is 0 Å². The van der Waals surface area contributed by atoms with E-state index in [-0.39, 0.29) is 0 Å². The fourth-order valence-corrected chi connectivity index (χ4v) is 0.661. The Morgan fingerprint density at radius 1 is 1.67 bits per heavy atom. The van der Waals surface area contributed by atoms with Crippen LogP contribution in [-0.4, -0.2) is 10.2 Å². The first kappa shape index (κ1) is 3.87. The summed E-state index contributed by atoms with van der Waals surface area (Å²) in [6, 6.07) is 0. The van der Waals surface area contributed by atoms with Crippen molar-refractivity contribution in [2.45, 2.75) is 6.42 Å². The first-order valence-corrected chi connectivity index (χ1v) is 2.47. The molecule has 0 aromatic heterocycles. The van der Waals surface area contributed by atoms with Gasteiger partial charge in [-0.05, 0) is 6.42 Å². The van der Waals surface area contributed by atoms with Crippen molar-refractivity contribution in [2.24, 2.45) is 0 Å². The molecule has 1 heteroatoms. The highest BCUT2D eigenvalue weighted by Crippen LogP contribution is 2.03. The third-order valence-corrected chi connectivity index (χ3v) is 1.14. The second kappa shape index (κ2) is 1.43. The van der Waals surface area contributed by atoms with Crippen LogP contribution in [0.15, 0.2) is 23.4 Å². The summed E-state index contributed by atoms with van der Waals surface area (Å²) >= 11 is 0. The van der Waals surface area contributed by atoms with Gasteiger partial charge in [0.2, 0.25) is 0 Å². The Bertz CT molecular complexity index is 101. The molecule has 0 N–H and O–H groups in total. The predicted molar refractivity (Wildman–Crippen MR) is 27.6 cm³/mol. The highest BCUT2D eigenvalue weighted by Gasteiger charge is 1.86. The van der Waals surface area contributed by atoms with Gasteiger partial charge in [0.25, 0.3) is 0 Å². The van der Waals surface area contributed by atoms with Crippen molar-refractivity contribution in [3.05, 3.63) is 23.4 Å². The van der Waals surface area contributed by atoms with E-state index in [1.54, 1.807) is 0 Å². The van der Waals surface area contributed by atoms with Crippen molar-refractivity contribution in [1.82, 2.24) is 0 Å². The molecule has 0 bridgehead atoms. The van der Waals surface area contributed by atoms with Crippen LogP contribution in [0.25, 0.3) is 0 Å². The maximum Gasteiger partial charge on any atom is 0.0654 e. The van der Waals surface area contributed by atoms with Crippen LogP contribution < -0.4 is 0 Å². The van der Waals surface area contributed by atoms with Gasteiger partial charge in [0.1, 0.15) is 0 Å². The molecule has 0 heterocycles. The first-order valence-electron chi connectivity index (χ1n) is 1.97. The van der Waals surface area contributed by atoms with E-state index in [9.17, 15) is 0 Å². The van der Waals surface area contributed by atoms with Gasteiger partial charge >= 0.3 is 0 Å². The van der Waals surface area contributed by atoms with Crippen LogP contribution >= 0.6 is 0 Å². The smallest absolute Gasteiger partial charge is 0.0654 e. The largest absolute Gasteiger partial charge is 0.0847 e. The van der Waals surface area contributed by atoms with Crippen LogP contribution in [0.3, 0.4) is 0 Å². The molecule has 0 amide bonds. The van der Waals surface area contributed by atoms with Crippen LogP contribution in [0, 0.1) is 0 Å². The Labute approximate surface area is 41.0 Å². The normalized spacial score (nSPS) is 18.5. The van der Waals surface area contributed by atoms with Crippen molar-refractivity contribution < 1.29 is 0 Å². The lowest BCUT2D eigenvalue weighted by atomic mass is 10.5. The van der Waals surface area contributed by atoms with Crippen LogP contribution in [0.2, 0.25) is 0 Å². The first-order chi connectivity index (χ1) is 2.89. The Hall–Kier alpha value is -0.303. The average Bonchev–Trinajstić information content (AvgIpc) is 1.86. The topological polar surface area (TPSA) is 0 Å². The second-order valence-corrected chi connectivity index (χ2v) is 1.97. The summed E-state index contributed by atoms with van der Waals surface area (Å²) in [5.74, 6) is 0. The van der Waals surface area contributed by atoms with Crippen molar-refractivity contribution in [1.29, 1.82) is 0 Å².